The molecule has 0 aliphatic rings. The van der Waals surface area contributed by atoms with Crippen LogP contribution in [-0.4, -0.2) is 76.1 Å². The van der Waals surface area contributed by atoms with Gasteiger partial charge in [0.2, 0.25) is 5.91 Å². The van der Waals surface area contributed by atoms with Crippen LogP contribution < -0.4 is 5.32 Å². The number of rotatable bonds is 6. The van der Waals surface area contributed by atoms with Gasteiger partial charge in [0.05, 0.1) is 47.0 Å². The van der Waals surface area contributed by atoms with E-state index in [0.717, 1.165) is 27.7 Å². The highest BCUT2D eigenvalue weighted by Gasteiger charge is 2.17. The van der Waals surface area contributed by atoms with Gasteiger partial charge in [-0.25, -0.2) is 15.0 Å². The average Bonchev–Trinajstić information content (AvgIpc) is 3.60. The van der Waals surface area contributed by atoms with Crippen LogP contribution in [0.1, 0.15) is 5.69 Å². The molecule has 0 radical (unpaired) electrons. The van der Waals surface area contributed by atoms with Crippen LogP contribution >= 0.6 is 0 Å². The lowest BCUT2D eigenvalue weighted by molar-refractivity contribution is -0.116. The molecule has 0 atom stereocenters. The van der Waals surface area contributed by atoms with E-state index in [4.69, 9.17) is 4.98 Å². The summed E-state index contributed by atoms with van der Waals surface area (Å²) in [4.78, 5) is 39.8. The Bertz CT molecular complexity index is 1760. The molecule has 0 unspecified atom stereocenters. The highest BCUT2D eigenvalue weighted by atomic mass is 16.2. The van der Waals surface area contributed by atoms with Crippen molar-refractivity contribution in [3.63, 3.8) is 0 Å². The number of amides is 1. The van der Waals surface area contributed by atoms with Crippen molar-refractivity contribution in [2.45, 2.75) is 6.92 Å². The zero-order valence-corrected chi connectivity index (χ0v) is 20.4. The van der Waals surface area contributed by atoms with E-state index in [1.165, 1.54) is 0 Å². The van der Waals surface area contributed by atoms with E-state index in [1.807, 2.05) is 50.0 Å². The zero-order chi connectivity index (χ0) is 25.5. The van der Waals surface area contributed by atoms with Crippen LogP contribution in [0.15, 0.2) is 55.5 Å². The highest BCUT2D eigenvalue weighted by molar-refractivity contribution is 5.96. The number of H-pyrrole nitrogens is 2. The molecule has 6 heterocycles. The molecule has 12 nitrogen and oxygen atoms in total. The summed E-state index contributed by atoms with van der Waals surface area (Å²) in [5.41, 5.74) is 5.93. The summed E-state index contributed by atoms with van der Waals surface area (Å²) in [6, 6.07) is 5.66. The molecule has 6 rings (SSSR count). The Hall–Kier alpha value is -4.97. The van der Waals surface area contributed by atoms with Gasteiger partial charge in [-0.05, 0) is 39.2 Å². The van der Waals surface area contributed by atoms with Gasteiger partial charge in [-0.3, -0.25) is 24.4 Å². The molecule has 0 fully saturated rings. The first-order chi connectivity index (χ1) is 17.9. The Labute approximate surface area is 210 Å². The molecule has 0 spiro atoms. The fraction of sp³-hybridized carbons (Fsp3) is 0.160. The summed E-state index contributed by atoms with van der Waals surface area (Å²) < 4.78 is 1.85. The van der Waals surface area contributed by atoms with Crippen molar-refractivity contribution in [3.8, 4) is 28.6 Å². The number of nitrogens with zero attached hydrogens (tertiary/aromatic N) is 8. The van der Waals surface area contributed by atoms with Crippen LogP contribution in [0.5, 0.6) is 0 Å². The van der Waals surface area contributed by atoms with Crippen molar-refractivity contribution in [3.05, 3.63) is 61.2 Å². The van der Waals surface area contributed by atoms with Crippen molar-refractivity contribution in [1.29, 1.82) is 0 Å². The number of hydrogen-bond donors (Lipinski definition) is 3. The lowest BCUT2D eigenvalue weighted by atomic mass is 10.1. The van der Waals surface area contributed by atoms with Crippen molar-refractivity contribution in [2.24, 2.45) is 0 Å². The van der Waals surface area contributed by atoms with Crippen molar-refractivity contribution in [1.82, 2.24) is 49.6 Å². The number of aryl methyl sites for hydroxylation is 1. The Morgan fingerprint density at radius 3 is 2.81 bits per heavy atom. The molecule has 37 heavy (non-hydrogen) atoms. The molecule has 184 valence electrons. The number of pyridine rings is 3. The van der Waals surface area contributed by atoms with Gasteiger partial charge in [-0.15, -0.1) is 0 Å². The molecule has 0 aliphatic carbocycles. The molecule has 6 aromatic rings. The maximum absolute atomic E-state index is 12.2. The third-order valence-electron chi connectivity index (χ3n) is 5.79. The topological polar surface area (TPSA) is 146 Å². The summed E-state index contributed by atoms with van der Waals surface area (Å²) in [6.45, 7) is 2.21. The number of carbonyl (C=O) groups is 1. The minimum atomic E-state index is -0.117. The van der Waals surface area contributed by atoms with Gasteiger partial charge in [0.1, 0.15) is 17.5 Å². The van der Waals surface area contributed by atoms with Gasteiger partial charge in [-0.1, -0.05) is 0 Å². The van der Waals surface area contributed by atoms with E-state index in [9.17, 15) is 4.79 Å². The Balaban J connectivity index is 1.38. The largest absolute Gasteiger partial charge is 0.336 e. The molecule has 12 heteroatoms. The van der Waals surface area contributed by atoms with E-state index in [1.54, 1.807) is 36.0 Å². The molecule has 0 aliphatic heterocycles. The monoisotopic (exact) mass is 493 g/mol. The Kier molecular flexibility index (Phi) is 5.42. The van der Waals surface area contributed by atoms with E-state index < -0.39 is 0 Å². The summed E-state index contributed by atoms with van der Waals surface area (Å²) >= 11 is 0. The molecule has 3 N–H and O–H groups in total. The maximum Gasteiger partial charge on any atom is 0.238 e. The van der Waals surface area contributed by atoms with Crippen molar-refractivity contribution in [2.75, 3.05) is 26.0 Å². The van der Waals surface area contributed by atoms with Gasteiger partial charge in [0.15, 0.2) is 11.6 Å². The number of imidazole rings is 2. The van der Waals surface area contributed by atoms with Crippen LogP contribution in [0.2, 0.25) is 0 Å². The molecule has 0 aromatic carbocycles. The molecule has 0 bridgehead atoms. The van der Waals surface area contributed by atoms with Crippen molar-refractivity contribution >= 4 is 33.5 Å². The number of aromatic nitrogens is 9. The van der Waals surface area contributed by atoms with Crippen LogP contribution in [0.4, 0.5) is 5.69 Å². The third kappa shape index (κ3) is 4.29. The Morgan fingerprint density at radius 1 is 1.11 bits per heavy atom. The standard InChI is InChI=1S/C25H23N11O/c1-14-11-36(13-29-14)25-23-18(4-5-27-25)31-24(32-23)22-17-7-19(28-10-20(17)33-34-22)15-6-16(9-26-8-15)30-21(37)12-35(2)3/h4-11,13H,12H2,1-3H3,(H,30,37)(H,31,32)(H,33,34). The number of hydrogen-bond acceptors (Lipinski definition) is 8. The number of anilines is 1. The Morgan fingerprint density at radius 2 is 2.00 bits per heavy atom. The highest BCUT2D eigenvalue weighted by Crippen LogP contribution is 2.30. The van der Waals surface area contributed by atoms with E-state index in [2.05, 4.69) is 40.4 Å². The second kappa shape index (κ2) is 8.91. The first kappa shape index (κ1) is 22.5. The molecular formula is C25H23N11O. The van der Waals surface area contributed by atoms with Crippen LogP contribution in [0.3, 0.4) is 0 Å². The second-order valence-electron chi connectivity index (χ2n) is 8.97. The zero-order valence-electron chi connectivity index (χ0n) is 20.4. The van der Waals surface area contributed by atoms with E-state index in [0.29, 0.717) is 34.2 Å². The summed E-state index contributed by atoms with van der Waals surface area (Å²) in [7, 11) is 3.68. The maximum atomic E-state index is 12.2. The average molecular weight is 494 g/mol. The quantitative estimate of drug-likeness (QED) is 0.321. The van der Waals surface area contributed by atoms with Crippen LogP contribution in [-0.2, 0) is 4.79 Å². The first-order valence-corrected chi connectivity index (χ1v) is 11.5. The number of carbonyl (C=O) groups excluding carboxylic acids is 1. The number of aromatic amines is 2. The summed E-state index contributed by atoms with van der Waals surface area (Å²) in [5, 5.41) is 11.3. The fourth-order valence-electron chi connectivity index (χ4n) is 4.15. The van der Waals surface area contributed by atoms with E-state index in [-0.39, 0.29) is 12.5 Å². The lowest BCUT2D eigenvalue weighted by Crippen LogP contribution is -2.27. The first-order valence-electron chi connectivity index (χ1n) is 11.5. The van der Waals surface area contributed by atoms with E-state index >= 15 is 0 Å². The number of fused-ring (bicyclic) bond motifs is 2. The fourth-order valence-corrected chi connectivity index (χ4v) is 4.15. The summed E-state index contributed by atoms with van der Waals surface area (Å²) in [5.74, 6) is 1.17. The minimum Gasteiger partial charge on any atom is -0.336 e. The summed E-state index contributed by atoms with van der Waals surface area (Å²) in [6.07, 6.45) is 10.4. The smallest absolute Gasteiger partial charge is 0.238 e. The molecule has 0 saturated heterocycles. The predicted octanol–water partition coefficient (Wildman–Crippen LogP) is 2.95. The third-order valence-corrected chi connectivity index (χ3v) is 5.79. The van der Waals surface area contributed by atoms with Crippen LogP contribution in [0.25, 0.3) is 50.5 Å². The second-order valence-corrected chi connectivity index (χ2v) is 8.97. The van der Waals surface area contributed by atoms with Gasteiger partial charge in [0.25, 0.3) is 0 Å². The normalized spacial score (nSPS) is 11.6. The van der Waals surface area contributed by atoms with Crippen LogP contribution in [0, 0.1) is 6.92 Å². The van der Waals surface area contributed by atoms with Crippen molar-refractivity contribution < 1.29 is 4.79 Å². The van der Waals surface area contributed by atoms with Gasteiger partial charge in [-0.2, -0.15) is 5.10 Å². The minimum absolute atomic E-state index is 0.117. The molecule has 0 saturated carbocycles. The molecule has 6 aromatic heterocycles. The molecular weight excluding hydrogens is 470 g/mol. The SMILES string of the molecule is Cc1cn(-c2nccc3[nH]c(-c4n[nH]c5cnc(-c6cncc(NC(=O)CN(C)C)c6)cc45)nc23)cn1. The lowest BCUT2D eigenvalue weighted by Gasteiger charge is -2.10. The predicted molar refractivity (Wildman–Crippen MR) is 139 cm³/mol. The van der Waals surface area contributed by atoms with Gasteiger partial charge >= 0.3 is 0 Å². The molecule has 1 amide bonds. The van der Waals surface area contributed by atoms with Gasteiger partial charge < -0.3 is 15.2 Å². The number of likely N-dealkylation sites (N-methyl/N-ethyl adjacent to an activating group) is 1. The van der Waals surface area contributed by atoms with Gasteiger partial charge in [0, 0.05) is 29.5 Å². The number of nitrogens with one attached hydrogen (secondary N) is 3.